The quantitative estimate of drug-likeness (QED) is 0.768. The number of hydrogen-bond acceptors (Lipinski definition) is 4. The van der Waals surface area contributed by atoms with Gasteiger partial charge in [-0.05, 0) is 41.8 Å². The third-order valence-corrected chi connectivity index (χ3v) is 3.17. The average molecular weight is 279 g/mol. The van der Waals surface area contributed by atoms with E-state index in [1.54, 1.807) is 36.7 Å². The number of carbonyl (C=O) groups is 1. The number of aromatic nitrogens is 2. The summed E-state index contributed by atoms with van der Waals surface area (Å²) in [6.45, 7) is 0.563. The molecule has 0 atom stereocenters. The van der Waals surface area contributed by atoms with Gasteiger partial charge in [0.15, 0.2) is 0 Å². The van der Waals surface area contributed by atoms with Gasteiger partial charge in [-0.3, -0.25) is 4.98 Å². The maximum atomic E-state index is 11.0. The Morgan fingerprint density at radius 1 is 1.10 bits per heavy atom. The Kier molecular flexibility index (Phi) is 3.47. The molecule has 0 unspecified atom stereocenters. The molecule has 0 fully saturated rings. The van der Waals surface area contributed by atoms with Gasteiger partial charge in [0.1, 0.15) is 5.82 Å². The Bertz CT molecular complexity index is 788. The van der Waals surface area contributed by atoms with E-state index in [0.29, 0.717) is 6.54 Å². The molecule has 0 bridgehead atoms. The van der Waals surface area contributed by atoms with Crippen molar-refractivity contribution in [1.82, 2.24) is 9.97 Å². The lowest BCUT2D eigenvalue weighted by molar-refractivity contribution is 0.0697. The lowest BCUT2D eigenvalue weighted by Gasteiger charge is -2.08. The van der Waals surface area contributed by atoms with E-state index in [1.807, 2.05) is 18.2 Å². The van der Waals surface area contributed by atoms with E-state index >= 15 is 0 Å². The first-order valence-electron chi connectivity index (χ1n) is 6.50. The molecular formula is C16H13N3O2. The van der Waals surface area contributed by atoms with Crippen molar-refractivity contribution >= 4 is 22.6 Å². The van der Waals surface area contributed by atoms with Crippen LogP contribution in [-0.2, 0) is 6.54 Å². The number of anilines is 1. The smallest absolute Gasteiger partial charge is 0.335 e. The minimum atomic E-state index is -0.934. The van der Waals surface area contributed by atoms with Crippen molar-refractivity contribution in [2.75, 3.05) is 5.32 Å². The number of benzene rings is 1. The largest absolute Gasteiger partial charge is 0.478 e. The summed E-state index contributed by atoms with van der Waals surface area (Å²) in [6.07, 6.45) is 3.40. The van der Waals surface area contributed by atoms with Gasteiger partial charge >= 0.3 is 5.97 Å². The van der Waals surface area contributed by atoms with Crippen molar-refractivity contribution in [1.29, 1.82) is 0 Å². The standard InChI is InChI=1S/C16H13N3O2/c20-16(21)12-4-5-14-11(9-12)6-8-18-15(14)19-10-13-3-1-2-7-17-13/h1-9H,10H2,(H,18,19)(H,20,21). The van der Waals surface area contributed by atoms with E-state index < -0.39 is 5.97 Å². The molecule has 0 aliphatic heterocycles. The fourth-order valence-corrected chi connectivity index (χ4v) is 2.13. The monoisotopic (exact) mass is 279 g/mol. The molecule has 21 heavy (non-hydrogen) atoms. The van der Waals surface area contributed by atoms with Crippen LogP contribution in [0.3, 0.4) is 0 Å². The molecule has 0 aliphatic carbocycles. The maximum absolute atomic E-state index is 11.0. The van der Waals surface area contributed by atoms with Crippen LogP contribution >= 0.6 is 0 Å². The predicted molar refractivity (Wildman–Crippen MR) is 80.3 cm³/mol. The topological polar surface area (TPSA) is 75.1 Å². The highest BCUT2D eigenvalue weighted by molar-refractivity contribution is 5.98. The van der Waals surface area contributed by atoms with Crippen LogP contribution in [0.1, 0.15) is 16.1 Å². The fraction of sp³-hybridized carbons (Fsp3) is 0.0625. The molecule has 5 heteroatoms. The van der Waals surface area contributed by atoms with Crippen LogP contribution in [-0.4, -0.2) is 21.0 Å². The minimum Gasteiger partial charge on any atom is -0.478 e. The highest BCUT2D eigenvalue weighted by atomic mass is 16.4. The number of pyridine rings is 2. The summed E-state index contributed by atoms with van der Waals surface area (Å²) in [6, 6.07) is 12.5. The number of hydrogen-bond donors (Lipinski definition) is 2. The molecule has 2 aromatic heterocycles. The van der Waals surface area contributed by atoms with E-state index in [4.69, 9.17) is 5.11 Å². The molecule has 3 rings (SSSR count). The first kappa shape index (κ1) is 13.1. The molecule has 1 aromatic carbocycles. The van der Waals surface area contributed by atoms with Gasteiger partial charge in [-0.2, -0.15) is 0 Å². The Morgan fingerprint density at radius 2 is 2.00 bits per heavy atom. The number of carboxylic acid groups (broad SMARTS) is 1. The van der Waals surface area contributed by atoms with Crippen molar-refractivity contribution in [2.45, 2.75) is 6.54 Å². The van der Waals surface area contributed by atoms with Gasteiger partial charge in [-0.1, -0.05) is 6.07 Å². The molecule has 0 radical (unpaired) electrons. The van der Waals surface area contributed by atoms with Gasteiger partial charge in [-0.15, -0.1) is 0 Å². The first-order valence-corrected chi connectivity index (χ1v) is 6.50. The van der Waals surface area contributed by atoms with Crippen molar-refractivity contribution in [3.05, 3.63) is 66.1 Å². The number of aromatic carboxylic acids is 1. The second-order valence-electron chi connectivity index (χ2n) is 4.58. The van der Waals surface area contributed by atoms with Gasteiger partial charge in [0.2, 0.25) is 0 Å². The maximum Gasteiger partial charge on any atom is 0.335 e. The predicted octanol–water partition coefficient (Wildman–Crippen LogP) is 2.94. The summed E-state index contributed by atoms with van der Waals surface area (Å²) in [7, 11) is 0. The Balaban J connectivity index is 1.90. The van der Waals surface area contributed by atoms with E-state index in [9.17, 15) is 4.79 Å². The molecule has 2 heterocycles. The molecule has 0 saturated carbocycles. The summed E-state index contributed by atoms with van der Waals surface area (Å²) >= 11 is 0. The number of nitrogens with zero attached hydrogens (tertiary/aromatic N) is 2. The molecule has 5 nitrogen and oxygen atoms in total. The van der Waals surface area contributed by atoms with Gasteiger partial charge in [0.05, 0.1) is 17.8 Å². The summed E-state index contributed by atoms with van der Waals surface area (Å²) in [5.74, 6) is -0.216. The van der Waals surface area contributed by atoms with Crippen LogP contribution in [0.25, 0.3) is 10.8 Å². The van der Waals surface area contributed by atoms with Crippen LogP contribution < -0.4 is 5.32 Å². The van der Waals surface area contributed by atoms with Gasteiger partial charge in [0.25, 0.3) is 0 Å². The van der Waals surface area contributed by atoms with Crippen molar-refractivity contribution in [2.24, 2.45) is 0 Å². The third kappa shape index (κ3) is 2.81. The zero-order valence-corrected chi connectivity index (χ0v) is 11.2. The summed E-state index contributed by atoms with van der Waals surface area (Å²) in [4.78, 5) is 19.6. The normalized spacial score (nSPS) is 10.5. The van der Waals surface area contributed by atoms with Crippen molar-refractivity contribution in [3.63, 3.8) is 0 Å². The van der Waals surface area contributed by atoms with Crippen LogP contribution in [0.2, 0.25) is 0 Å². The Labute approximate surface area is 121 Å². The van der Waals surface area contributed by atoms with E-state index in [1.165, 1.54) is 0 Å². The van der Waals surface area contributed by atoms with Gasteiger partial charge < -0.3 is 10.4 Å². The Morgan fingerprint density at radius 3 is 2.76 bits per heavy atom. The van der Waals surface area contributed by atoms with Crippen LogP contribution in [0.4, 0.5) is 5.82 Å². The average Bonchev–Trinajstić information content (AvgIpc) is 2.53. The first-order chi connectivity index (χ1) is 10.2. The Hall–Kier alpha value is -2.95. The SMILES string of the molecule is O=C(O)c1ccc2c(NCc3ccccn3)nccc2c1. The molecule has 0 saturated heterocycles. The molecule has 0 amide bonds. The summed E-state index contributed by atoms with van der Waals surface area (Å²) in [5, 5.41) is 14.0. The number of carboxylic acids is 1. The van der Waals surface area contributed by atoms with Crippen LogP contribution in [0, 0.1) is 0 Å². The van der Waals surface area contributed by atoms with Crippen LogP contribution in [0.5, 0.6) is 0 Å². The van der Waals surface area contributed by atoms with Crippen molar-refractivity contribution in [3.8, 4) is 0 Å². The van der Waals surface area contributed by atoms with Gasteiger partial charge in [0, 0.05) is 17.8 Å². The van der Waals surface area contributed by atoms with E-state index in [-0.39, 0.29) is 5.56 Å². The van der Waals surface area contributed by atoms with Crippen molar-refractivity contribution < 1.29 is 9.90 Å². The molecule has 0 aliphatic rings. The molecular weight excluding hydrogens is 266 g/mol. The van der Waals surface area contributed by atoms with Gasteiger partial charge in [-0.25, -0.2) is 9.78 Å². The van der Waals surface area contributed by atoms with E-state index in [0.717, 1.165) is 22.3 Å². The second-order valence-corrected chi connectivity index (χ2v) is 4.58. The number of rotatable bonds is 4. The minimum absolute atomic E-state index is 0.268. The molecule has 3 aromatic rings. The highest BCUT2D eigenvalue weighted by Crippen LogP contribution is 2.22. The number of nitrogens with one attached hydrogen (secondary N) is 1. The zero-order valence-electron chi connectivity index (χ0n) is 11.2. The fourth-order valence-electron chi connectivity index (χ4n) is 2.13. The highest BCUT2D eigenvalue weighted by Gasteiger charge is 2.07. The third-order valence-electron chi connectivity index (χ3n) is 3.17. The molecule has 2 N–H and O–H groups in total. The lowest BCUT2D eigenvalue weighted by atomic mass is 10.1. The van der Waals surface area contributed by atoms with E-state index in [2.05, 4.69) is 15.3 Å². The zero-order chi connectivity index (χ0) is 14.7. The molecule has 0 spiro atoms. The van der Waals surface area contributed by atoms with Crippen LogP contribution in [0.15, 0.2) is 54.9 Å². The number of fused-ring (bicyclic) bond motifs is 1. The lowest BCUT2D eigenvalue weighted by Crippen LogP contribution is -2.03. The summed E-state index contributed by atoms with van der Waals surface area (Å²) in [5.41, 5.74) is 1.18. The molecule has 104 valence electrons. The summed E-state index contributed by atoms with van der Waals surface area (Å²) < 4.78 is 0. The second kappa shape index (κ2) is 5.58.